The Kier molecular flexibility index (Phi) is 1040. The maximum atomic E-state index is 0. The van der Waals surface area contributed by atoms with Crippen LogP contribution < -0.4 is 6.15 Å². The third-order valence-corrected chi connectivity index (χ3v) is 0. The molecule has 0 atom stereocenters. The molecule has 0 aromatic heterocycles. The van der Waals surface area contributed by atoms with Gasteiger partial charge in [0.15, 0.2) is 17.4 Å². The van der Waals surface area contributed by atoms with Gasteiger partial charge >= 0.3 is 0 Å². The second-order valence-corrected chi connectivity index (χ2v) is 0. The largest absolute Gasteiger partial charge is 0.412 e. The van der Waals surface area contributed by atoms with Crippen LogP contribution in [0.25, 0.3) is 0 Å². The molecule has 0 aromatic carbocycles. The fraction of sp³-hybridized carbons (Fsp3) is 0. The Morgan fingerprint density at radius 2 is 1.00 bits per heavy atom. The summed E-state index contributed by atoms with van der Waals surface area (Å²) >= 11 is 0. The predicted octanol–water partition coefficient (Wildman–Crippen LogP) is -3.30. The molecule has 0 spiro atoms. The summed E-state index contributed by atoms with van der Waals surface area (Å²) in [5, 5.41) is 0. The molecule has 0 aromatic rings. The minimum atomic E-state index is 0. The van der Waals surface area contributed by atoms with Gasteiger partial charge in [-0.15, -0.1) is 0 Å². The molecule has 0 saturated heterocycles. The Hall–Kier alpha value is 1.38. The van der Waals surface area contributed by atoms with Crippen molar-refractivity contribution < 1.29 is 27.2 Å². The summed E-state index contributed by atoms with van der Waals surface area (Å²) in [5.74, 6) is 0. The molecule has 5 N–H and O–H groups in total. The minimum Gasteiger partial charge on any atom is -0.412 e. The molecule has 0 aliphatic heterocycles. The summed E-state index contributed by atoms with van der Waals surface area (Å²) in [5.41, 5.74) is 0. The Morgan fingerprint density at radius 1 is 1.00 bits per heavy atom. The van der Waals surface area contributed by atoms with Crippen LogP contribution in [-0.4, -0.2) is 33.8 Å². The van der Waals surface area contributed by atoms with E-state index >= 15 is 0 Å². The molecule has 0 heterocycles. The van der Waals surface area contributed by atoms with Gasteiger partial charge in [0, 0.05) is 21.7 Å². The van der Waals surface area contributed by atoms with E-state index in [1.807, 2.05) is 0 Å². The van der Waals surface area contributed by atoms with Gasteiger partial charge in [0.05, 0.1) is 0 Å². The molecule has 34 valence electrons. The first-order chi connectivity index (χ1) is 0. The minimum absolute atomic E-state index is 0. The van der Waals surface area contributed by atoms with Gasteiger partial charge in [0.1, 0.15) is 0 Å². The van der Waals surface area contributed by atoms with Crippen LogP contribution in [0.1, 0.15) is 0 Å². The quantitative estimate of drug-likeness (QED) is 0.356. The zero-order valence-electron chi connectivity index (χ0n) is 1.71. The molecule has 0 radical (unpaired) electrons. The van der Waals surface area contributed by atoms with Gasteiger partial charge in [-0.1, -0.05) is 0 Å². The summed E-state index contributed by atoms with van der Waals surface area (Å²) < 4.78 is 0. The van der Waals surface area contributed by atoms with Crippen molar-refractivity contribution in [3.63, 3.8) is 0 Å². The van der Waals surface area contributed by atoms with Crippen LogP contribution in [0.4, 0.5) is 0 Å². The van der Waals surface area contributed by atoms with Gasteiger partial charge in [-0.2, -0.15) is 0 Å². The summed E-state index contributed by atoms with van der Waals surface area (Å²) in [4.78, 5) is 0. The molecule has 2 nitrogen and oxygen atoms in total. The third-order valence-electron chi connectivity index (χ3n) is 0. The Labute approximate surface area is 61.6 Å². The van der Waals surface area contributed by atoms with Crippen molar-refractivity contribution in [2.45, 2.75) is 0 Å². The van der Waals surface area contributed by atoms with Crippen LogP contribution in [0.5, 0.6) is 0 Å². The molecule has 0 saturated carbocycles. The zero-order chi connectivity index (χ0) is 0. The second-order valence-electron chi connectivity index (χ2n) is 0. The molecule has 0 bridgehead atoms. The molecule has 0 rings (SSSR count). The van der Waals surface area contributed by atoms with Crippen molar-refractivity contribution in [3.05, 3.63) is 0 Å². The van der Waals surface area contributed by atoms with E-state index in [1.54, 1.807) is 0 Å². The third kappa shape index (κ3) is 32.2. The Bertz CT molecular complexity index is 11.6. The van der Waals surface area contributed by atoms with E-state index in [9.17, 15) is 0 Å². The van der Waals surface area contributed by atoms with E-state index in [2.05, 4.69) is 0 Å². The van der Waals surface area contributed by atoms with Crippen molar-refractivity contribution in [2.24, 2.45) is 0 Å². The second kappa shape index (κ2) is 54.0. The monoisotopic (exact) mass is 145 g/mol. The molecule has 0 fully saturated rings. The first kappa shape index (κ1) is 96.6. The summed E-state index contributed by atoms with van der Waals surface area (Å²) in [6, 6.07) is 0. The van der Waals surface area contributed by atoms with Gasteiger partial charge < -0.3 is 11.6 Å². The van der Waals surface area contributed by atoms with E-state index < -0.39 is 0 Å². The van der Waals surface area contributed by atoms with E-state index in [0.29, 0.717) is 0 Å². The maximum absolute atomic E-state index is 0. The topological polar surface area (TPSA) is 66.5 Å². The fourth-order valence-electron chi connectivity index (χ4n) is 0. The average molecular weight is 145 g/mol. The summed E-state index contributed by atoms with van der Waals surface area (Å²) in [7, 11) is 0. The van der Waals surface area contributed by atoms with Crippen LogP contribution in [0.3, 0.4) is 0 Å². The molecule has 5 heavy (non-hydrogen) atoms. The van der Waals surface area contributed by atoms with Gasteiger partial charge in [-0.25, -0.2) is 0 Å². The number of hydrogen-bond acceptors (Lipinski definition) is 1. The Balaban J connectivity index is 0. The molecular weight excluding hydrogens is 133 g/mol. The van der Waals surface area contributed by atoms with Gasteiger partial charge in [-0.05, 0) is 11.0 Å². The van der Waals surface area contributed by atoms with Gasteiger partial charge in [-0.3, -0.25) is 0 Å². The van der Waals surface area contributed by atoms with Crippen LogP contribution in [0, 0.1) is 0 Å². The first-order valence-electron chi connectivity index (χ1n) is 0. The van der Waals surface area contributed by atoms with Crippen molar-refractivity contribution in [3.8, 4) is 0 Å². The maximum Gasteiger partial charge on any atom is 0.187 e. The smallest absolute Gasteiger partial charge is 0.187 e. The molecule has 0 unspecified atom stereocenters. The Morgan fingerprint density at radius 3 is 1.00 bits per heavy atom. The summed E-state index contributed by atoms with van der Waals surface area (Å²) in [6.45, 7) is 0. The zero-order valence-corrected chi connectivity index (χ0v) is 3.27. The first-order valence-corrected chi connectivity index (χ1v) is 0. The SMILES string of the molecule is N.O.[AlH3].[SiH4].[Ti]. The van der Waals surface area contributed by atoms with Crippen molar-refractivity contribution in [2.75, 3.05) is 0 Å². The van der Waals surface area contributed by atoms with Gasteiger partial charge in [0.25, 0.3) is 0 Å². The molecule has 5 heteroatoms. The van der Waals surface area contributed by atoms with Crippen LogP contribution in [0.15, 0.2) is 0 Å². The molecule has 0 amide bonds. The van der Waals surface area contributed by atoms with E-state index in [1.165, 1.54) is 0 Å². The van der Waals surface area contributed by atoms with E-state index in [4.69, 9.17) is 0 Å². The van der Waals surface area contributed by atoms with Crippen molar-refractivity contribution >= 4 is 28.3 Å². The molecular formula is H12AlNOSiTi. The van der Waals surface area contributed by atoms with Crippen LogP contribution in [0.2, 0.25) is 0 Å². The normalized spacial score (nSPS) is 0. The average Bonchev–Trinajstić information content (AvgIpc) is 0. The fourth-order valence-corrected chi connectivity index (χ4v) is 0. The van der Waals surface area contributed by atoms with Crippen molar-refractivity contribution in [1.29, 1.82) is 0 Å². The molecule has 0 aliphatic carbocycles. The predicted molar refractivity (Wildman–Crippen MR) is 29.9 cm³/mol. The standard InChI is InChI=1S/Al.H3N.H2O.H4Si.Ti.3H/h;1H3;1H2;1H4;;;;. The number of hydrogen-bond donors (Lipinski definition) is 1. The van der Waals surface area contributed by atoms with E-state index in [-0.39, 0.29) is 61.7 Å². The molecule has 0 aliphatic rings. The summed E-state index contributed by atoms with van der Waals surface area (Å²) in [6.07, 6.45) is 0. The van der Waals surface area contributed by atoms with Gasteiger partial charge in [0.2, 0.25) is 0 Å². The van der Waals surface area contributed by atoms with E-state index in [0.717, 1.165) is 0 Å². The van der Waals surface area contributed by atoms with Crippen molar-refractivity contribution in [1.82, 2.24) is 6.15 Å². The van der Waals surface area contributed by atoms with Crippen LogP contribution in [-0.2, 0) is 21.7 Å². The van der Waals surface area contributed by atoms with Crippen LogP contribution >= 0.6 is 0 Å². The number of rotatable bonds is 0.